The molecule has 2 fully saturated rings. The van der Waals surface area contributed by atoms with Crippen molar-refractivity contribution in [3.63, 3.8) is 0 Å². The van der Waals surface area contributed by atoms with Crippen molar-refractivity contribution >= 4 is 11.4 Å². The van der Waals surface area contributed by atoms with Gasteiger partial charge in [0.2, 0.25) is 0 Å². The normalized spacial score (nSPS) is 28.9. The molecule has 2 bridgehead atoms. The van der Waals surface area contributed by atoms with Crippen LogP contribution >= 0.6 is 0 Å². The molecule has 3 heterocycles. The third-order valence-corrected chi connectivity index (χ3v) is 4.30. The van der Waals surface area contributed by atoms with Gasteiger partial charge in [-0.15, -0.1) is 0 Å². The minimum Gasteiger partial charge on any atom is -0.346 e. The molecule has 5 heteroatoms. The lowest BCUT2D eigenvalue weighted by molar-refractivity contribution is 0.0923. The van der Waals surface area contributed by atoms with Crippen LogP contribution < -0.4 is 10.6 Å². The summed E-state index contributed by atoms with van der Waals surface area (Å²) in [4.78, 5) is 16.4. The maximum Gasteiger partial charge on any atom is 0.270 e. The lowest BCUT2D eigenvalue weighted by Gasteiger charge is -2.23. The van der Waals surface area contributed by atoms with Gasteiger partial charge >= 0.3 is 0 Å². The zero-order valence-corrected chi connectivity index (χ0v) is 10.5. The number of carbonyl (C=O) groups is 1. The van der Waals surface area contributed by atoms with Crippen molar-refractivity contribution in [3.8, 4) is 0 Å². The Morgan fingerprint density at radius 1 is 1.47 bits per heavy atom. The van der Waals surface area contributed by atoms with E-state index >= 15 is 0 Å². The van der Waals surface area contributed by atoms with Crippen LogP contribution in [0.2, 0.25) is 0 Å². The lowest BCUT2D eigenvalue weighted by atomic mass is 10.1. The molecule has 0 unspecified atom stereocenters. The summed E-state index contributed by atoms with van der Waals surface area (Å²) in [5.74, 6) is 0.666. The van der Waals surface area contributed by atoms with Gasteiger partial charge in [0.15, 0.2) is 0 Å². The third-order valence-electron chi connectivity index (χ3n) is 4.30. The fourth-order valence-corrected chi connectivity index (χ4v) is 3.32. The van der Waals surface area contributed by atoms with E-state index in [1.807, 2.05) is 28.8 Å². The highest BCUT2D eigenvalue weighted by atomic mass is 16.2. The molecular formula is C14H16N4O. The van der Waals surface area contributed by atoms with Gasteiger partial charge in [-0.1, -0.05) is 0 Å². The molecule has 1 saturated carbocycles. The van der Waals surface area contributed by atoms with Gasteiger partial charge in [0.25, 0.3) is 5.91 Å². The molecule has 1 amide bonds. The van der Waals surface area contributed by atoms with E-state index in [-0.39, 0.29) is 11.9 Å². The molecule has 1 saturated heterocycles. The second-order valence-corrected chi connectivity index (χ2v) is 5.55. The van der Waals surface area contributed by atoms with Crippen LogP contribution in [0.1, 0.15) is 23.3 Å². The highest BCUT2D eigenvalue weighted by Gasteiger charge is 2.40. The Hall–Kier alpha value is -1.88. The summed E-state index contributed by atoms with van der Waals surface area (Å²) in [6.07, 6.45) is 5.89. The van der Waals surface area contributed by atoms with Crippen LogP contribution in [0.25, 0.3) is 5.52 Å². The van der Waals surface area contributed by atoms with E-state index in [4.69, 9.17) is 0 Å². The predicted octanol–water partition coefficient (Wildman–Crippen LogP) is 0.814. The molecule has 3 atom stereocenters. The van der Waals surface area contributed by atoms with Gasteiger partial charge in [-0.25, -0.2) is 4.98 Å². The van der Waals surface area contributed by atoms with Gasteiger partial charge in [0.05, 0.1) is 6.33 Å². The SMILES string of the molecule is O=C(N[C@@H]1C[C@@H]2CN[C@@H]1C2)c1cc2cccn2cn1. The molecule has 2 aromatic rings. The highest BCUT2D eigenvalue weighted by Crippen LogP contribution is 2.31. The van der Waals surface area contributed by atoms with Gasteiger partial charge in [-0.05, 0) is 43.5 Å². The van der Waals surface area contributed by atoms with Gasteiger partial charge in [0.1, 0.15) is 5.69 Å². The van der Waals surface area contributed by atoms with Crippen molar-refractivity contribution in [1.82, 2.24) is 20.0 Å². The van der Waals surface area contributed by atoms with Gasteiger partial charge < -0.3 is 15.0 Å². The van der Waals surface area contributed by atoms with E-state index < -0.39 is 0 Å². The number of fused-ring (bicyclic) bond motifs is 3. The van der Waals surface area contributed by atoms with E-state index in [0.29, 0.717) is 11.7 Å². The van der Waals surface area contributed by atoms with Crippen LogP contribution in [0.3, 0.4) is 0 Å². The summed E-state index contributed by atoms with van der Waals surface area (Å²) in [5.41, 5.74) is 1.49. The van der Waals surface area contributed by atoms with Crippen molar-refractivity contribution in [2.45, 2.75) is 24.9 Å². The predicted molar refractivity (Wildman–Crippen MR) is 71.0 cm³/mol. The minimum atomic E-state index is -0.0666. The summed E-state index contributed by atoms with van der Waals surface area (Å²) < 4.78 is 1.90. The van der Waals surface area contributed by atoms with Crippen LogP contribution in [0.5, 0.6) is 0 Å². The molecule has 1 aliphatic carbocycles. The molecule has 2 aliphatic rings. The maximum atomic E-state index is 12.2. The standard InChI is InChI=1S/C14H16N4O/c19-14(17-12-5-9-4-11(12)15-7-9)13-6-10-2-1-3-18(10)8-16-13/h1-3,6,8-9,11-12,15H,4-5,7H2,(H,17,19)/t9-,11-,12-/m1/s1. The Balaban J connectivity index is 1.53. The molecule has 5 nitrogen and oxygen atoms in total. The van der Waals surface area contributed by atoms with Crippen molar-refractivity contribution in [1.29, 1.82) is 0 Å². The summed E-state index contributed by atoms with van der Waals surface area (Å²) in [5, 5.41) is 6.56. The van der Waals surface area contributed by atoms with Crippen molar-refractivity contribution in [2.75, 3.05) is 6.54 Å². The maximum absolute atomic E-state index is 12.2. The number of nitrogens with one attached hydrogen (secondary N) is 2. The van der Waals surface area contributed by atoms with Gasteiger partial charge in [-0.3, -0.25) is 4.79 Å². The molecule has 0 spiro atoms. The number of rotatable bonds is 2. The fraction of sp³-hybridized carbons (Fsp3) is 0.429. The summed E-state index contributed by atoms with van der Waals surface area (Å²) in [7, 11) is 0. The molecule has 0 radical (unpaired) electrons. The summed E-state index contributed by atoms with van der Waals surface area (Å²) in [6, 6.07) is 6.45. The zero-order valence-electron chi connectivity index (χ0n) is 10.5. The largest absolute Gasteiger partial charge is 0.346 e. The minimum absolute atomic E-state index is 0.0666. The average molecular weight is 256 g/mol. The second-order valence-electron chi connectivity index (χ2n) is 5.55. The van der Waals surface area contributed by atoms with Gasteiger partial charge in [-0.2, -0.15) is 0 Å². The van der Waals surface area contributed by atoms with Crippen molar-refractivity contribution < 1.29 is 4.79 Å². The fourth-order valence-electron chi connectivity index (χ4n) is 3.32. The van der Waals surface area contributed by atoms with E-state index in [2.05, 4.69) is 15.6 Å². The number of hydrogen-bond acceptors (Lipinski definition) is 3. The van der Waals surface area contributed by atoms with Crippen LogP contribution in [-0.4, -0.2) is 33.9 Å². The smallest absolute Gasteiger partial charge is 0.270 e. The van der Waals surface area contributed by atoms with Crippen molar-refractivity contribution in [2.24, 2.45) is 5.92 Å². The Labute approximate surface area is 111 Å². The summed E-state index contributed by atoms with van der Waals surface area (Å²) >= 11 is 0. The quantitative estimate of drug-likeness (QED) is 0.836. The molecule has 0 aromatic carbocycles. The number of hydrogen-bond donors (Lipinski definition) is 2. The molecule has 98 valence electrons. The van der Waals surface area contributed by atoms with E-state index in [9.17, 15) is 4.79 Å². The Morgan fingerprint density at radius 2 is 2.42 bits per heavy atom. The van der Waals surface area contributed by atoms with E-state index in [1.54, 1.807) is 6.33 Å². The topological polar surface area (TPSA) is 58.4 Å². The highest BCUT2D eigenvalue weighted by molar-refractivity contribution is 5.93. The molecular weight excluding hydrogens is 240 g/mol. The van der Waals surface area contributed by atoms with Gasteiger partial charge in [0, 0.05) is 23.8 Å². The lowest BCUT2D eigenvalue weighted by Crippen LogP contribution is -2.48. The zero-order chi connectivity index (χ0) is 12.8. The Bertz CT molecular complexity index is 635. The van der Waals surface area contributed by atoms with Crippen LogP contribution in [0.4, 0.5) is 0 Å². The molecule has 19 heavy (non-hydrogen) atoms. The second kappa shape index (κ2) is 4.06. The first kappa shape index (κ1) is 11.0. The van der Waals surface area contributed by atoms with Crippen LogP contribution in [0, 0.1) is 5.92 Å². The summed E-state index contributed by atoms with van der Waals surface area (Å²) in [6.45, 7) is 1.10. The Kier molecular flexibility index (Phi) is 2.35. The van der Waals surface area contributed by atoms with Crippen molar-refractivity contribution in [3.05, 3.63) is 36.4 Å². The number of amides is 1. The number of carbonyl (C=O) groups excluding carboxylic acids is 1. The number of aromatic nitrogens is 2. The van der Waals surface area contributed by atoms with E-state index in [1.165, 1.54) is 6.42 Å². The molecule has 2 N–H and O–H groups in total. The van der Waals surface area contributed by atoms with E-state index in [0.717, 1.165) is 24.4 Å². The van der Waals surface area contributed by atoms with Crippen LogP contribution in [0.15, 0.2) is 30.7 Å². The molecule has 2 aromatic heterocycles. The first-order chi connectivity index (χ1) is 9.29. The third kappa shape index (κ3) is 1.81. The molecule has 4 rings (SSSR count). The number of nitrogens with zero attached hydrogens (tertiary/aromatic N) is 2. The first-order valence-electron chi connectivity index (χ1n) is 6.76. The monoisotopic (exact) mass is 256 g/mol. The Morgan fingerprint density at radius 3 is 3.21 bits per heavy atom. The number of piperidine rings is 1. The van der Waals surface area contributed by atoms with Crippen LogP contribution in [-0.2, 0) is 0 Å². The average Bonchev–Trinajstić information content (AvgIpc) is 3.13. The molecule has 1 aliphatic heterocycles. The first-order valence-corrected chi connectivity index (χ1v) is 6.76.